The predicted octanol–water partition coefficient (Wildman–Crippen LogP) is 0.563. The molecule has 1 saturated heterocycles. The molecule has 1 rings (SSSR count). The molecule has 0 amide bonds. The fourth-order valence-corrected chi connectivity index (χ4v) is 2.18. The Labute approximate surface area is 91.2 Å². The Hall–Kier alpha value is -0.160. The van der Waals surface area contributed by atoms with Crippen molar-refractivity contribution >= 4 is 0 Å². The molecule has 2 N–H and O–H groups in total. The lowest BCUT2D eigenvalue weighted by Gasteiger charge is -2.43. The van der Waals surface area contributed by atoms with Gasteiger partial charge in [0, 0.05) is 32.2 Å². The zero-order chi connectivity index (χ0) is 11.4. The maximum Gasteiger partial charge on any atom is 0.0767 e. The highest BCUT2D eigenvalue weighted by atomic mass is 16.5. The molecule has 0 saturated carbocycles. The van der Waals surface area contributed by atoms with Gasteiger partial charge in [0.05, 0.1) is 18.8 Å². The van der Waals surface area contributed by atoms with Gasteiger partial charge in [-0.25, -0.2) is 0 Å². The Morgan fingerprint density at radius 1 is 1.40 bits per heavy atom. The second-order valence-electron chi connectivity index (χ2n) is 4.65. The van der Waals surface area contributed by atoms with E-state index in [0.717, 1.165) is 6.42 Å². The van der Waals surface area contributed by atoms with Crippen LogP contribution in [0, 0.1) is 5.41 Å². The van der Waals surface area contributed by atoms with Crippen molar-refractivity contribution in [3.63, 3.8) is 0 Å². The highest BCUT2D eigenvalue weighted by Gasteiger charge is 2.46. The number of methoxy groups -OCH3 is 1. The molecule has 90 valence electrons. The molecule has 2 atom stereocenters. The summed E-state index contributed by atoms with van der Waals surface area (Å²) in [5.74, 6) is 0. The molecule has 0 aromatic carbocycles. The molecule has 1 aliphatic rings. The summed E-state index contributed by atoms with van der Waals surface area (Å²) in [6.45, 7) is 3.39. The first-order valence-corrected chi connectivity index (χ1v) is 5.48. The predicted molar refractivity (Wildman–Crippen MR) is 56.7 cm³/mol. The number of aliphatic hydroxyl groups excluding tert-OH is 1. The van der Waals surface area contributed by atoms with E-state index >= 15 is 0 Å². The van der Waals surface area contributed by atoms with Crippen LogP contribution >= 0.6 is 0 Å². The van der Waals surface area contributed by atoms with Gasteiger partial charge in [-0.05, 0) is 12.8 Å². The third kappa shape index (κ3) is 2.69. The van der Waals surface area contributed by atoms with Gasteiger partial charge in [-0.3, -0.25) is 0 Å². The molecular formula is C11H22O4. The van der Waals surface area contributed by atoms with E-state index in [1.165, 1.54) is 0 Å². The van der Waals surface area contributed by atoms with Crippen LogP contribution in [0.5, 0.6) is 0 Å². The summed E-state index contributed by atoms with van der Waals surface area (Å²) in [5, 5.41) is 20.0. The van der Waals surface area contributed by atoms with Gasteiger partial charge < -0.3 is 19.7 Å². The molecular weight excluding hydrogens is 196 g/mol. The Balaban J connectivity index is 2.77. The second kappa shape index (κ2) is 5.25. The Morgan fingerprint density at radius 3 is 2.73 bits per heavy atom. The van der Waals surface area contributed by atoms with Crippen molar-refractivity contribution in [1.29, 1.82) is 0 Å². The molecule has 1 fully saturated rings. The van der Waals surface area contributed by atoms with Crippen molar-refractivity contribution < 1.29 is 19.7 Å². The molecule has 15 heavy (non-hydrogen) atoms. The molecule has 4 nitrogen and oxygen atoms in total. The second-order valence-corrected chi connectivity index (χ2v) is 4.65. The van der Waals surface area contributed by atoms with Gasteiger partial charge in [-0.15, -0.1) is 0 Å². The van der Waals surface area contributed by atoms with Crippen LogP contribution in [0.15, 0.2) is 0 Å². The molecule has 1 heterocycles. The highest BCUT2D eigenvalue weighted by molar-refractivity contribution is 4.96. The van der Waals surface area contributed by atoms with Gasteiger partial charge in [-0.2, -0.15) is 0 Å². The standard InChI is InChI=1S/C11H22O4/c1-10(8-12,9-14-2)11(13)4-3-6-15-7-5-11/h12-13H,3-9H2,1-2H3. The molecule has 0 aromatic heterocycles. The lowest BCUT2D eigenvalue weighted by Crippen LogP contribution is -2.51. The highest BCUT2D eigenvalue weighted by Crippen LogP contribution is 2.39. The normalized spacial score (nSPS) is 32.0. The lowest BCUT2D eigenvalue weighted by molar-refractivity contribution is -0.137. The first-order valence-electron chi connectivity index (χ1n) is 5.48. The van der Waals surface area contributed by atoms with Gasteiger partial charge in [0.1, 0.15) is 0 Å². The van der Waals surface area contributed by atoms with Gasteiger partial charge in [0.2, 0.25) is 0 Å². The summed E-state index contributed by atoms with van der Waals surface area (Å²) in [4.78, 5) is 0. The minimum Gasteiger partial charge on any atom is -0.396 e. The topological polar surface area (TPSA) is 58.9 Å². The molecule has 2 unspecified atom stereocenters. The quantitative estimate of drug-likeness (QED) is 0.724. The van der Waals surface area contributed by atoms with Crippen LogP contribution in [-0.4, -0.2) is 49.4 Å². The zero-order valence-corrected chi connectivity index (χ0v) is 9.66. The smallest absolute Gasteiger partial charge is 0.0767 e. The summed E-state index contributed by atoms with van der Waals surface area (Å²) in [6.07, 6.45) is 2.05. The van der Waals surface area contributed by atoms with Crippen molar-refractivity contribution in [2.75, 3.05) is 33.5 Å². The average molecular weight is 218 g/mol. The van der Waals surface area contributed by atoms with Crippen molar-refractivity contribution in [1.82, 2.24) is 0 Å². The number of ether oxygens (including phenoxy) is 2. The zero-order valence-electron chi connectivity index (χ0n) is 9.66. The van der Waals surface area contributed by atoms with Gasteiger partial charge in [0.25, 0.3) is 0 Å². The minimum atomic E-state index is -0.881. The van der Waals surface area contributed by atoms with Crippen molar-refractivity contribution in [2.24, 2.45) is 5.41 Å². The largest absolute Gasteiger partial charge is 0.396 e. The van der Waals surface area contributed by atoms with Gasteiger partial charge in [0.15, 0.2) is 0 Å². The number of hydrogen-bond donors (Lipinski definition) is 2. The van der Waals surface area contributed by atoms with E-state index < -0.39 is 11.0 Å². The molecule has 1 aliphatic heterocycles. The average Bonchev–Trinajstić information content (AvgIpc) is 2.44. The first-order chi connectivity index (χ1) is 7.08. The van der Waals surface area contributed by atoms with Crippen LogP contribution < -0.4 is 0 Å². The van der Waals surface area contributed by atoms with Crippen LogP contribution in [0.25, 0.3) is 0 Å². The maximum absolute atomic E-state index is 10.6. The molecule has 0 spiro atoms. The van der Waals surface area contributed by atoms with Crippen LogP contribution in [0.4, 0.5) is 0 Å². The van der Waals surface area contributed by atoms with Crippen LogP contribution in [0.3, 0.4) is 0 Å². The Morgan fingerprint density at radius 2 is 2.13 bits per heavy atom. The molecule has 0 aromatic rings. The molecule has 4 heteroatoms. The fourth-order valence-electron chi connectivity index (χ4n) is 2.18. The van der Waals surface area contributed by atoms with E-state index in [4.69, 9.17) is 9.47 Å². The van der Waals surface area contributed by atoms with Crippen LogP contribution in [-0.2, 0) is 9.47 Å². The number of rotatable bonds is 4. The summed E-state index contributed by atoms with van der Waals surface area (Å²) in [6, 6.07) is 0. The molecule has 0 bridgehead atoms. The van der Waals surface area contributed by atoms with E-state index in [1.54, 1.807) is 7.11 Å². The Kier molecular flexibility index (Phi) is 4.52. The third-order valence-corrected chi connectivity index (χ3v) is 3.47. The van der Waals surface area contributed by atoms with E-state index in [-0.39, 0.29) is 6.61 Å². The number of aliphatic hydroxyl groups is 2. The van der Waals surface area contributed by atoms with Crippen molar-refractivity contribution in [3.8, 4) is 0 Å². The van der Waals surface area contributed by atoms with E-state index in [1.807, 2.05) is 6.92 Å². The maximum atomic E-state index is 10.6. The van der Waals surface area contributed by atoms with E-state index in [0.29, 0.717) is 32.7 Å². The van der Waals surface area contributed by atoms with Crippen LogP contribution in [0.1, 0.15) is 26.2 Å². The molecule has 0 radical (unpaired) electrons. The van der Waals surface area contributed by atoms with E-state index in [2.05, 4.69) is 0 Å². The minimum absolute atomic E-state index is 0.0721. The summed E-state index contributed by atoms with van der Waals surface area (Å²) in [7, 11) is 1.59. The Bertz CT molecular complexity index is 187. The third-order valence-electron chi connectivity index (χ3n) is 3.47. The summed E-state index contributed by atoms with van der Waals surface area (Å²) < 4.78 is 10.4. The monoisotopic (exact) mass is 218 g/mol. The van der Waals surface area contributed by atoms with Crippen molar-refractivity contribution in [2.45, 2.75) is 31.8 Å². The summed E-state index contributed by atoms with van der Waals surface area (Å²) in [5.41, 5.74) is -1.48. The fraction of sp³-hybridized carbons (Fsp3) is 1.00. The van der Waals surface area contributed by atoms with Gasteiger partial charge in [-0.1, -0.05) is 6.92 Å². The van der Waals surface area contributed by atoms with Gasteiger partial charge >= 0.3 is 0 Å². The van der Waals surface area contributed by atoms with E-state index in [9.17, 15) is 10.2 Å². The first kappa shape index (κ1) is 12.9. The number of hydrogen-bond acceptors (Lipinski definition) is 4. The molecule has 0 aliphatic carbocycles. The summed E-state index contributed by atoms with van der Waals surface area (Å²) >= 11 is 0. The lowest BCUT2D eigenvalue weighted by atomic mass is 9.70. The SMILES string of the molecule is COCC(C)(CO)C1(O)CCCOCC1. The van der Waals surface area contributed by atoms with Crippen LogP contribution in [0.2, 0.25) is 0 Å². The van der Waals surface area contributed by atoms with Crippen molar-refractivity contribution in [3.05, 3.63) is 0 Å².